The highest BCUT2D eigenvalue weighted by Gasteiger charge is 2.10. The second kappa shape index (κ2) is 5.88. The number of nitrogens with zero attached hydrogens (tertiary/aromatic N) is 2. The molecule has 2 aromatic heterocycles. The summed E-state index contributed by atoms with van der Waals surface area (Å²) in [6.07, 6.45) is 0.565. The molecule has 5 heteroatoms. The number of nitrogens with one attached hydrogen (secondary N) is 1. The Labute approximate surface area is 132 Å². The normalized spacial score (nSPS) is 10.8. The summed E-state index contributed by atoms with van der Waals surface area (Å²) in [6.45, 7) is 0. The smallest absolute Gasteiger partial charge is 0.144 e. The van der Waals surface area contributed by atoms with Gasteiger partial charge in [-0.3, -0.25) is 4.98 Å². The molecule has 0 aliphatic rings. The van der Waals surface area contributed by atoms with Crippen molar-refractivity contribution in [3.63, 3.8) is 0 Å². The lowest BCUT2D eigenvalue weighted by atomic mass is 10.1. The van der Waals surface area contributed by atoms with Crippen molar-refractivity contribution in [2.24, 2.45) is 0 Å². The molecule has 0 fully saturated rings. The summed E-state index contributed by atoms with van der Waals surface area (Å²) >= 11 is 12.3. The molecular formula is C16H13Cl2N3. The number of para-hydroxylation sites is 1. The minimum absolute atomic E-state index is 0.512. The van der Waals surface area contributed by atoms with Gasteiger partial charge in [0.2, 0.25) is 0 Å². The van der Waals surface area contributed by atoms with Gasteiger partial charge in [-0.2, -0.15) is 0 Å². The minimum atomic E-state index is 0.512. The Morgan fingerprint density at radius 1 is 1.00 bits per heavy atom. The van der Waals surface area contributed by atoms with Gasteiger partial charge in [0.05, 0.1) is 21.3 Å². The molecule has 2 heterocycles. The van der Waals surface area contributed by atoms with Crippen LogP contribution in [0, 0.1) is 0 Å². The number of rotatable bonds is 3. The van der Waals surface area contributed by atoms with Crippen molar-refractivity contribution in [1.29, 1.82) is 0 Å². The van der Waals surface area contributed by atoms with Crippen molar-refractivity contribution in [2.45, 2.75) is 6.42 Å². The Morgan fingerprint density at radius 2 is 1.81 bits per heavy atom. The largest absolute Gasteiger partial charge is 0.372 e. The van der Waals surface area contributed by atoms with Gasteiger partial charge in [-0.05, 0) is 18.2 Å². The average molecular weight is 318 g/mol. The summed E-state index contributed by atoms with van der Waals surface area (Å²) < 4.78 is 0. The number of aromatic nitrogens is 2. The van der Waals surface area contributed by atoms with Gasteiger partial charge in [-0.1, -0.05) is 47.5 Å². The Hall–Kier alpha value is -1.84. The first-order chi connectivity index (χ1) is 10.2. The lowest BCUT2D eigenvalue weighted by molar-refractivity contribution is 1.03. The molecule has 0 aliphatic heterocycles. The maximum Gasteiger partial charge on any atom is 0.144 e. The second-order valence-corrected chi connectivity index (χ2v) is 5.48. The summed E-state index contributed by atoms with van der Waals surface area (Å²) in [5, 5.41) is 5.14. The molecule has 3 aromatic rings. The quantitative estimate of drug-likeness (QED) is 0.769. The molecule has 0 unspecified atom stereocenters. The fraction of sp³-hybridized carbons (Fsp3) is 0.125. The highest BCUT2D eigenvalue weighted by Crippen LogP contribution is 2.27. The third-order valence-corrected chi connectivity index (χ3v) is 3.86. The Kier molecular flexibility index (Phi) is 3.95. The third-order valence-electron chi connectivity index (χ3n) is 3.24. The Morgan fingerprint density at radius 3 is 2.62 bits per heavy atom. The second-order valence-electron chi connectivity index (χ2n) is 4.67. The molecule has 21 heavy (non-hydrogen) atoms. The number of pyridine rings is 2. The Bertz CT molecular complexity index is 803. The van der Waals surface area contributed by atoms with E-state index in [2.05, 4.69) is 21.4 Å². The minimum Gasteiger partial charge on any atom is -0.372 e. The number of hydrogen-bond donors (Lipinski definition) is 1. The lowest BCUT2D eigenvalue weighted by Crippen LogP contribution is -2.01. The number of anilines is 1. The topological polar surface area (TPSA) is 37.8 Å². The van der Waals surface area contributed by atoms with Gasteiger partial charge < -0.3 is 5.32 Å². The molecule has 106 valence electrons. The van der Waals surface area contributed by atoms with Crippen LogP contribution in [-0.4, -0.2) is 17.0 Å². The van der Waals surface area contributed by atoms with Crippen LogP contribution in [0.3, 0.4) is 0 Å². The van der Waals surface area contributed by atoms with E-state index in [4.69, 9.17) is 23.2 Å². The molecule has 0 saturated carbocycles. The van der Waals surface area contributed by atoms with E-state index >= 15 is 0 Å². The predicted octanol–water partition coefficient (Wildman–Crippen LogP) is 4.57. The van der Waals surface area contributed by atoms with Gasteiger partial charge in [-0.25, -0.2) is 4.98 Å². The van der Waals surface area contributed by atoms with Crippen LogP contribution >= 0.6 is 23.2 Å². The Balaban J connectivity index is 1.98. The maximum atomic E-state index is 6.22. The zero-order chi connectivity index (χ0) is 14.8. The summed E-state index contributed by atoms with van der Waals surface area (Å²) in [5.41, 5.74) is 2.65. The molecule has 0 saturated heterocycles. The first-order valence-corrected chi connectivity index (χ1v) is 7.30. The van der Waals surface area contributed by atoms with Crippen molar-refractivity contribution in [3.8, 4) is 0 Å². The van der Waals surface area contributed by atoms with E-state index in [9.17, 15) is 0 Å². The highest BCUT2D eigenvalue weighted by molar-refractivity contribution is 6.36. The molecule has 0 spiro atoms. The van der Waals surface area contributed by atoms with Crippen LogP contribution in [0.2, 0.25) is 10.0 Å². The SMILES string of the molecule is CNc1nc(Cc2ccc3ccccc3n2)c(Cl)cc1Cl. The first-order valence-electron chi connectivity index (χ1n) is 6.54. The van der Waals surface area contributed by atoms with Gasteiger partial charge in [0, 0.05) is 24.5 Å². The molecular weight excluding hydrogens is 305 g/mol. The van der Waals surface area contributed by atoms with E-state index in [-0.39, 0.29) is 0 Å². The van der Waals surface area contributed by atoms with Gasteiger partial charge >= 0.3 is 0 Å². The monoisotopic (exact) mass is 317 g/mol. The highest BCUT2D eigenvalue weighted by atomic mass is 35.5. The van der Waals surface area contributed by atoms with E-state index in [0.717, 1.165) is 22.3 Å². The average Bonchev–Trinajstić information content (AvgIpc) is 2.50. The van der Waals surface area contributed by atoms with Crippen LogP contribution in [-0.2, 0) is 6.42 Å². The lowest BCUT2D eigenvalue weighted by Gasteiger charge is -2.09. The number of hydrogen-bond acceptors (Lipinski definition) is 3. The van der Waals surface area contributed by atoms with Crippen LogP contribution in [0.15, 0.2) is 42.5 Å². The van der Waals surface area contributed by atoms with E-state index < -0.39 is 0 Å². The molecule has 0 bridgehead atoms. The van der Waals surface area contributed by atoms with Crippen LogP contribution < -0.4 is 5.32 Å². The number of halogens is 2. The van der Waals surface area contributed by atoms with Crippen LogP contribution in [0.25, 0.3) is 10.9 Å². The third kappa shape index (κ3) is 2.94. The van der Waals surface area contributed by atoms with E-state index in [0.29, 0.717) is 22.3 Å². The van der Waals surface area contributed by atoms with E-state index in [1.165, 1.54) is 0 Å². The zero-order valence-electron chi connectivity index (χ0n) is 11.4. The van der Waals surface area contributed by atoms with Crippen molar-refractivity contribution >= 4 is 39.9 Å². The number of fused-ring (bicyclic) bond motifs is 1. The van der Waals surface area contributed by atoms with Crippen LogP contribution in [0.4, 0.5) is 5.82 Å². The molecule has 0 atom stereocenters. The molecule has 3 rings (SSSR count). The van der Waals surface area contributed by atoms with Gasteiger partial charge in [0.1, 0.15) is 5.82 Å². The summed E-state index contributed by atoms with van der Waals surface area (Å²) in [4.78, 5) is 9.09. The summed E-state index contributed by atoms with van der Waals surface area (Å²) in [7, 11) is 1.78. The molecule has 3 nitrogen and oxygen atoms in total. The molecule has 1 aromatic carbocycles. The summed E-state index contributed by atoms with van der Waals surface area (Å²) in [6, 6.07) is 13.8. The van der Waals surface area contributed by atoms with Crippen LogP contribution in [0.5, 0.6) is 0 Å². The standard InChI is InChI=1S/C16H13Cl2N3/c1-19-16-13(18)9-12(17)15(21-16)8-11-7-6-10-4-2-3-5-14(10)20-11/h2-7,9H,8H2,1H3,(H,19,21). The zero-order valence-corrected chi connectivity index (χ0v) is 12.9. The van der Waals surface area contributed by atoms with Crippen molar-refractivity contribution in [2.75, 3.05) is 12.4 Å². The van der Waals surface area contributed by atoms with Crippen molar-refractivity contribution < 1.29 is 0 Å². The van der Waals surface area contributed by atoms with E-state index in [1.807, 2.05) is 30.3 Å². The van der Waals surface area contributed by atoms with Gasteiger partial charge in [0.25, 0.3) is 0 Å². The maximum absolute atomic E-state index is 6.22. The molecule has 0 aliphatic carbocycles. The molecule has 1 N–H and O–H groups in total. The number of benzene rings is 1. The van der Waals surface area contributed by atoms with Crippen LogP contribution in [0.1, 0.15) is 11.4 Å². The molecule has 0 radical (unpaired) electrons. The van der Waals surface area contributed by atoms with Crippen molar-refractivity contribution in [3.05, 3.63) is 63.9 Å². The first kappa shape index (κ1) is 14.1. The molecule has 0 amide bonds. The van der Waals surface area contributed by atoms with Gasteiger partial charge in [0.15, 0.2) is 0 Å². The van der Waals surface area contributed by atoms with Gasteiger partial charge in [-0.15, -0.1) is 0 Å². The van der Waals surface area contributed by atoms with Crippen molar-refractivity contribution in [1.82, 2.24) is 9.97 Å². The predicted molar refractivity (Wildman–Crippen MR) is 88.4 cm³/mol. The van der Waals surface area contributed by atoms with E-state index in [1.54, 1.807) is 13.1 Å². The fourth-order valence-corrected chi connectivity index (χ4v) is 2.70. The fourth-order valence-electron chi connectivity index (χ4n) is 2.18. The summed E-state index contributed by atoms with van der Waals surface area (Å²) in [5.74, 6) is 0.622.